The summed E-state index contributed by atoms with van der Waals surface area (Å²) in [5.41, 5.74) is 1.20. The fraction of sp³-hybridized carbons (Fsp3) is 0.182. The third-order valence-corrected chi connectivity index (χ3v) is 3.26. The molecule has 0 saturated heterocycles. The van der Waals surface area contributed by atoms with Crippen LogP contribution in [0.3, 0.4) is 0 Å². The maximum absolute atomic E-state index is 5.83. The van der Waals surface area contributed by atoms with E-state index in [1.807, 2.05) is 30.5 Å². The molecule has 0 saturated carbocycles. The minimum absolute atomic E-state index is 0.265. The maximum Gasteiger partial charge on any atom is 0.107 e. The molecule has 0 spiro atoms. The van der Waals surface area contributed by atoms with E-state index in [4.69, 9.17) is 11.6 Å². The third kappa shape index (κ3) is 2.83. The number of hydrogen-bond acceptors (Lipinski definition) is 1. The second-order valence-corrected chi connectivity index (χ2v) is 4.80. The first-order valence-electron chi connectivity index (χ1n) is 4.63. The summed E-state index contributed by atoms with van der Waals surface area (Å²) < 4.78 is 0. The van der Waals surface area contributed by atoms with Crippen LogP contribution in [0.5, 0.6) is 0 Å². The molecule has 0 aliphatic rings. The maximum atomic E-state index is 5.83. The molecule has 2 aromatic rings. The quantitative estimate of drug-likeness (QED) is 0.855. The zero-order valence-corrected chi connectivity index (χ0v) is 10.3. The molecule has 0 amide bonds. The topological polar surface area (TPSA) is 28.7 Å². The molecule has 15 heavy (non-hydrogen) atoms. The Morgan fingerprint density at radius 2 is 2.07 bits per heavy atom. The molecule has 0 bridgehead atoms. The number of halogens is 2. The highest BCUT2D eigenvalue weighted by molar-refractivity contribution is 9.09. The van der Waals surface area contributed by atoms with Crippen molar-refractivity contribution in [2.45, 2.75) is 11.2 Å². The van der Waals surface area contributed by atoms with E-state index in [9.17, 15) is 0 Å². The van der Waals surface area contributed by atoms with Gasteiger partial charge in [0.15, 0.2) is 0 Å². The smallest absolute Gasteiger partial charge is 0.107 e. The first-order valence-corrected chi connectivity index (χ1v) is 5.93. The number of aromatic nitrogens is 2. The van der Waals surface area contributed by atoms with E-state index in [-0.39, 0.29) is 4.83 Å². The Kier molecular flexibility index (Phi) is 3.44. The van der Waals surface area contributed by atoms with Crippen molar-refractivity contribution in [1.82, 2.24) is 9.97 Å². The first-order chi connectivity index (χ1) is 7.25. The van der Waals surface area contributed by atoms with Crippen molar-refractivity contribution in [1.29, 1.82) is 0 Å². The Bertz CT molecular complexity index is 411. The van der Waals surface area contributed by atoms with Gasteiger partial charge in [0.25, 0.3) is 0 Å². The molecular formula is C11H10BrClN2. The van der Waals surface area contributed by atoms with Gasteiger partial charge in [-0.1, -0.05) is 39.7 Å². The molecule has 2 rings (SSSR count). The molecule has 0 aliphatic carbocycles. The average molecular weight is 286 g/mol. The molecule has 0 radical (unpaired) electrons. The summed E-state index contributed by atoms with van der Waals surface area (Å²) in [6.07, 6.45) is 4.43. The molecule has 1 atom stereocenters. The lowest BCUT2D eigenvalue weighted by Crippen LogP contribution is -1.96. The predicted molar refractivity (Wildman–Crippen MR) is 65.4 cm³/mol. The van der Waals surface area contributed by atoms with E-state index in [0.717, 1.165) is 17.3 Å². The number of nitrogens with zero attached hydrogens (tertiary/aromatic N) is 1. The van der Waals surface area contributed by atoms with E-state index >= 15 is 0 Å². The number of H-pyrrole nitrogens is 1. The highest BCUT2D eigenvalue weighted by Crippen LogP contribution is 2.26. The van der Waals surface area contributed by atoms with E-state index in [1.165, 1.54) is 5.56 Å². The summed E-state index contributed by atoms with van der Waals surface area (Å²) in [6, 6.07) is 7.83. The second kappa shape index (κ2) is 4.81. The Morgan fingerprint density at radius 1 is 1.33 bits per heavy atom. The van der Waals surface area contributed by atoms with Gasteiger partial charge in [-0.15, -0.1) is 0 Å². The van der Waals surface area contributed by atoms with Crippen molar-refractivity contribution >= 4 is 27.5 Å². The predicted octanol–water partition coefficient (Wildman–Crippen LogP) is 3.74. The van der Waals surface area contributed by atoms with Gasteiger partial charge in [-0.3, -0.25) is 0 Å². The number of rotatable bonds is 3. The van der Waals surface area contributed by atoms with Crippen molar-refractivity contribution in [3.05, 3.63) is 53.1 Å². The summed E-state index contributed by atoms with van der Waals surface area (Å²) in [5.74, 6) is 0.979. The standard InChI is InChI=1S/C11H10BrClN2/c12-10(7-11-14-5-6-15-11)8-1-3-9(13)4-2-8/h1-6,10H,7H2,(H,14,15). The van der Waals surface area contributed by atoms with Gasteiger partial charge in [-0.25, -0.2) is 4.98 Å². The van der Waals surface area contributed by atoms with Crippen LogP contribution in [0.15, 0.2) is 36.7 Å². The van der Waals surface area contributed by atoms with Crippen molar-refractivity contribution in [3.8, 4) is 0 Å². The van der Waals surface area contributed by atoms with Crippen molar-refractivity contribution in [3.63, 3.8) is 0 Å². The molecule has 1 N–H and O–H groups in total. The van der Waals surface area contributed by atoms with Crippen LogP contribution in [-0.4, -0.2) is 9.97 Å². The number of aromatic amines is 1. The summed E-state index contributed by atoms with van der Waals surface area (Å²) in [5, 5.41) is 0.761. The Labute approximate surface area is 102 Å². The highest BCUT2D eigenvalue weighted by atomic mass is 79.9. The molecule has 0 aliphatic heterocycles. The number of nitrogens with one attached hydrogen (secondary N) is 1. The first kappa shape index (κ1) is 10.7. The van der Waals surface area contributed by atoms with Gasteiger partial charge in [0.05, 0.1) is 0 Å². The molecule has 1 aromatic heterocycles. The lowest BCUT2D eigenvalue weighted by atomic mass is 10.1. The van der Waals surface area contributed by atoms with E-state index in [0.29, 0.717) is 0 Å². The molecule has 1 heterocycles. The molecular weight excluding hydrogens is 275 g/mol. The Hall–Kier alpha value is -0.800. The van der Waals surface area contributed by atoms with Crippen molar-refractivity contribution in [2.75, 3.05) is 0 Å². The van der Waals surface area contributed by atoms with Crippen LogP contribution in [0, 0.1) is 0 Å². The van der Waals surface area contributed by atoms with Gasteiger partial charge in [0.2, 0.25) is 0 Å². The zero-order chi connectivity index (χ0) is 10.7. The van der Waals surface area contributed by atoms with Crippen LogP contribution in [-0.2, 0) is 6.42 Å². The number of benzene rings is 1. The van der Waals surface area contributed by atoms with Crippen LogP contribution >= 0.6 is 27.5 Å². The van der Waals surface area contributed by atoms with Crippen LogP contribution in [0.1, 0.15) is 16.2 Å². The van der Waals surface area contributed by atoms with Gasteiger partial charge in [0, 0.05) is 28.7 Å². The van der Waals surface area contributed by atoms with Crippen molar-refractivity contribution < 1.29 is 0 Å². The van der Waals surface area contributed by atoms with E-state index in [2.05, 4.69) is 25.9 Å². The largest absolute Gasteiger partial charge is 0.349 e. The lowest BCUT2D eigenvalue weighted by Gasteiger charge is -2.08. The minimum atomic E-state index is 0.265. The van der Waals surface area contributed by atoms with Gasteiger partial charge < -0.3 is 4.98 Å². The monoisotopic (exact) mass is 284 g/mol. The fourth-order valence-electron chi connectivity index (χ4n) is 1.37. The van der Waals surface area contributed by atoms with Crippen LogP contribution < -0.4 is 0 Å². The number of imidazole rings is 1. The van der Waals surface area contributed by atoms with Crippen molar-refractivity contribution in [2.24, 2.45) is 0 Å². The van der Waals surface area contributed by atoms with Gasteiger partial charge >= 0.3 is 0 Å². The molecule has 1 unspecified atom stereocenters. The second-order valence-electron chi connectivity index (χ2n) is 3.26. The minimum Gasteiger partial charge on any atom is -0.349 e. The SMILES string of the molecule is Clc1ccc(C(Br)Cc2ncc[nH]2)cc1. The van der Waals surface area contributed by atoms with Crippen LogP contribution in [0.2, 0.25) is 5.02 Å². The summed E-state index contributed by atoms with van der Waals surface area (Å²) >= 11 is 9.45. The lowest BCUT2D eigenvalue weighted by molar-refractivity contribution is 0.876. The zero-order valence-electron chi connectivity index (χ0n) is 7.95. The average Bonchev–Trinajstić information content (AvgIpc) is 2.71. The highest BCUT2D eigenvalue weighted by Gasteiger charge is 2.09. The third-order valence-electron chi connectivity index (χ3n) is 2.16. The fourth-order valence-corrected chi connectivity index (χ4v) is 2.11. The van der Waals surface area contributed by atoms with Crippen LogP contribution in [0.25, 0.3) is 0 Å². The van der Waals surface area contributed by atoms with Crippen LogP contribution in [0.4, 0.5) is 0 Å². The molecule has 2 nitrogen and oxygen atoms in total. The normalized spacial score (nSPS) is 12.7. The molecule has 1 aromatic carbocycles. The van der Waals surface area contributed by atoms with Gasteiger partial charge in [-0.05, 0) is 17.7 Å². The molecule has 0 fully saturated rings. The Balaban J connectivity index is 2.08. The molecule has 78 valence electrons. The summed E-state index contributed by atoms with van der Waals surface area (Å²) in [4.78, 5) is 7.53. The van der Waals surface area contributed by atoms with Gasteiger partial charge in [-0.2, -0.15) is 0 Å². The molecule has 4 heteroatoms. The number of alkyl halides is 1. The van der Waals surface area contributed by atoms with Gasteiger partial charge in [0.1, 0.15) is 5.82 Å². The number of hydrogen-bond donors (Lipinski definition) is 1. The van der Waals surface area contributed by atoms with E-state index < -0.39 is 0 Å². The Morgan fingerprint density at radius 3 is 2.67 bits per heavy atom. The summed E-state index contributed by atoms with van der Waals surface area (Å²) in [6.45, 7) is 0. The summed E-state index contributed by atoms with van der Waals surface area (Å²) in [7, 11) is 0. The van der Waals surface area contributed by atoms with E-state index in [1.54, 1.807) is 6.20 Å².